The van der Waals surface area contributed by atoms with E-state index in [9.17, 15) is 9.59 Å². The Morgan fingerprint density at radius 1 is 1.36 bits per heavy atom. The first-order valence-corrected chi connectivity index (χ1v) is 8.05. The number of nitrogens with zero attached hydrogens (tertiary/aromatic N) is 1. The van der Waals surface area contributed by atoms with Crippen molar-refractivity contribution in [3.63, 3.8) is 0 Å². The fraction of sp³-hybridized carbons (Fsp3) is 0.556. The normalized spacial score (nSPS) is 19.0. The number of carbonyl (C=O) groups excluding carboxylic acids is 2. The molecule has 0 aromatic rings. The minimum atomic E-state index is -0.558. The highest BCUT2D eigenvalue weighted by Gasteiger charge is 2.32. The number of ether oxygens (including phenoxy) is 1. The lowest BCUT2D eigenvalue weighted by Crippen LogP contribution is -2.44. The van der Waals surface area contributed by atoms with Crippen LogP contribution in [0.25, 0.3) is 0 Å². The minimum absolute atomic E-state index is 0.0229. The lowest BCUT2D eigenvalue weighted by atomic mass is 9.95. The highest BCUT2D eigenvalue weighted by molar-refractivity contribution is 6.00. The summed E-state index contributed by atoms with van der Waals surface area (Å²) in [5.74, 6) is -0.950. The Kier molecular flexibility index (Phi) is 12.0. The van der Waals surface area contributed by atoms with Gasteiger partial charge in [0.2, 0.25) is 0 Å². The van der Waals surface area contributed by atoms with Gasteiger partial charge in [-0.05, 0) is 26.3 Å². The van der Waals surface area contributed by atoms with E-state index in [0.29, 0.717) is 19.6 Å². The fourth-order valence-electron chi connectivity index (χ4n) is 2.14. The maximum atomic E-state index is 11.9. The second-order valence-electron chi connectivity index (χ2n) is 4.67. The zero-order valence-electron chi connectivity index (χ0n) is 14.1. The highest BCUT2D eigenvalue weighted by atomic mass is 16.5. The molecule has 0 amide bonds. The molecule has 4 nitrogen and oxygen atoms in total. The van der Waals surface area contributed by atoms with Crippen molar-refractivity contribution in [3.05, 3.63) is 37.0 Å². The zero-order chi connectivity index (χ0) is 16.8. The third-order valence-corrected chi connectivity index (χ3v) is 3.18. The van der Waals surface area contributed by atoms with Crippen LogP contribution < -0.4 is 0 Å². The highest BCUT2D eigenvalue weighted by Crippen LogP contribution is 2.16. The summed E-state index contributed by atoms with van der Waals surface area (Å²) in [6.07, 6.45) is 11.0. The van der Waals surface area contributed by atoms with E-state index in [1.807, 2.05) is 32.1 Å². The maximum absolute atomic E-state index is 11.9. The van der Waals surface area contributed by atoms with Crippen LogP contribution in [0.5, 0.6) is 0 Å². The fourth-order valence-corrected chi connectivity index (χ4v) is 2.14. The van der Waals surface area contributed by atoms with Gasteiger partial charge in [0, 0.05) is 6.54 Å². The number of allylic oxidation sites excluding steroid dienone is 4. The van der Waals surface area contributed by atoms with Gasteiger partial charge in [-0.1, -0.05) is 50.8 Å². The van der Waals surface area contributed by atoms with Crippen LogP contribution in [0.2, 0.25) is 0 Å². The standard InChI is InChI=1S/C16H23NO3.C2H6/c1-3-5-6-7-8-9-11-17-12-10-14(15(18)13-17)16(19)20-4-2;1-2/h3,5-8,14H,1,4,9-13H2,2H3;1-2H3/b6-5-,8-7-;. The molecular formula is C18H29NO3. The van der Waals surface area contributed by atoms with Gasteiger partial charge in [0.1, 0.15) is 5.92 Å². The average Bonchev–Trinajstić information content (AvgIpc) is 2.53. The second-order valence-corrected chi connectivity index (χ2v) is 4.67. The smallest absolute Gasteiger partial charge is 0.316 e. The van der Waals surface area contributed by atoms with Crippen molar-refractivity contribution < 1.29 is 14.3 Å². The number of esters is 1. The van der Waals surface area contributed by atoms with E-state index in [4.69, 9.17) is 4.74 Å². The molecule has 1 saturated heterocycles. The Hall–Kier alpha value is -1.68. The molecule has 0 bridgehead atoms. The van der Waals surface area contributed by atoms with Gasteiger partial charge in [-0.25, -0.2) is 0 Å². The van der Waals surface area contributed by atoms with E-state index >= 15 is 0 Å². The van der Waals surface area contributed by atoms with Crippen molar-refractivity contribution in [2.75, 3.05) is 26.2 Å². The molecule has 1 fully saturated rings. The van der Waals surface area contributed by atoms with Crippen LogP contribution in [-0.2, 0) is 14.3 Å². The van der Waals surface area contributed by atoms with Crippen LogP contribution in [0.1, 0.15) is 33.6 Å². The zero-order valence-corrected chi connectivity index (χ0v) is 14.1. The lowest BCUT2D eigenvalue weighted by Gasteiger charge is -2.29. The summed E-state index contributed by atoms with van der Waals surface area (Å²) in [6.45, 7) is 11.6. The van der Waals surface area contributed by atoms with Gasteiger partial charge in [-0.2, -0.15) is 0 Å². The average molecular weight is 307 g/mol. The molecule has 22 heavy (non-hydrogen) atoms. The monoisotopic (exact) mass is 307 g/mol. The predicted octanol–water partition coefficient (Wildman–Crippen LogP) is 3.16. The molecule has 0 aromatic carbocycles. The predicted molar refractivity (Wildman–Crippen MR) is 90.6 cm³/mol. The van der Waals surface area contributed by atoms with Crippen molar-refractivity contribution in [2.45, 2.75) is 33.6 Å². The van der Waals surface area contributed by atoms with Gasteiger partial charge in [-0.3, -0.25) is 14.5 Å². The molecule has 1 aliphatic heterocycles. The Bertz CT molecular complexity index is 399. The van der Waals surface area contributed by atoms with Crippen LogP contribution >= 0.6 is 0 Å². The SMILES string of the molecule is C=C/C=C\C=C/CCN1CCC(C(=O)OCC)C(=O)C1.CC. The molecule has 1 atom stereocenters. The molecule has 0 aliphatic carbocycles. The maximum Gasteiger partial charge on any atom is 0.316 e. The molecule has 1 aliphatic rings. The molecule has 124 valence electrons. The first-order chi connectivity index (χ1) is 10.7. The molecule has 4 heteroatoms. The van der Waals surface area contributed by atoms with Gasteiger partial charge < -0.3 is 4.74 Å². The van der Waals surface area contributed by atoms with Crippen molar-refractivity contribution in [2.24, 2.45) is 5.92 Å². The third kappa shape index (κ3) is 7.93. The lowest BCUT2D eigenvalue weighted by molar-refractivity contribution is -0.153. The molecule has 0 aromatic heterocycles. The van der Waals surface area contributed by atoms with E-state index < -0.39 is 5.92 Å². The van der Waals surface area contributed by atoms with Gasteiger partial charge in [-0.15, -0.1) is 0 Å². The summed E-state index contributed by atoms with van der Waals surface area (Å²) >= 11 is 0. The molecular weight excluding hydrogens is 278 g/mol. The summed E-state index contributed by atoms with van der Waals surface area (Å²) in [7, 11) is 0. The van der Waals surface area contributed by atoms with Crippen LogP contribution in [0.4, 0.5) is 0 Å². The summed E-state index contributed by atoms with van der Waals surface area (Å²) in [4.78, 5) is 25.6. The molecule has 1 rings (SSSR count). The number of likely N-dealkylation sites (tertiary alicyclic amines) is 1. The quantitative estimate of drug-likeness (QED) is 0.412. The number of piperidine rings is 1. The number of carbonyl (C=O) groups is 2. The van der Waals surface area contributed by atoms with E-state index in [1.54, 1.807) is 13.0 Å². The Morgan fingerprint density at radius 3 is 2.68 bits per heavy atom. The van der Waals surface area contributed by atoms with Gasteiger partial charge in [0.15, 0.2) is 5.78 Å². The first kappa shape index (κ1) is 20.3. The first-order valence-electron chi connectivity index (χ1n) is 8.05. The summed E-state index contributed by atoms with van der Waals surface area (Å²) in [5.41, 5.74) is 0. The number of ketones is 1. The van der Waals surface area contributed by atoms with Gasteiger partial charge in [0.25, 0.3) is 0 Å². The van der Waals surface area contributed by atoms with Crippen LogP contribution in [-0.4, -0.2) is 42.9 Å². The van der Waals surface area contributed by atoms with Crippen LogP contribution in [0.15, 0.2) is 37.0 Å². The van der Waals surface area contributed by atoms with Crippen LogP contribution in [0, 0.1) is 5.92 Å². The molecule has 0 N–H and O–H groups in total. The van der Waals surface area contributed by atoms with E-state index in [1.165, 1.54) is 0 Å². The van der Waals surface area contributed by atoms with E-state index in [0.717, 1.165) is 19.5 Å². The van der Waals surface area contributed by atoms with E-state index in [2.05, 4.69) is 17.6 Å². The van der Waals surface area contributed by atoms with Crippen molar-refractivity contribution >= 4 is 11.8 Å². The Morgan fingerprint density at radius 2 is 2.09 bits per heavy atom. The Labute approximate surface area is 134 Å². The largest absolute Gasteiger partial charge is 0.465 e. The van der Waals surface area contributed by atoms with Gasteiger partial charge >= 0.3 is 5.97 Å². The third-order valence-electron chi connectivity index (χ3n) is 3.18. The molecule has 0 spiro atoms. The number of rotatable bonds is 7. The number of Topliss-reactive ketones (excluding diaryl/α,β-unsaturated/α-hetero) is 1. The molecule has 0 saturated carbocycles. The van der Waals surface area contributed by atoms with Crippen LogP contribution in [0.3, 0.4) is 0 Å². The minimum Gasteiger partial charge on any atom is -0.465 e. The van der Waals surface area contributed by atoms with Gasteiger partial charge in [0.05, 0.1) is 13.2 Å². The van der Waals surface area contributed by atoms with Crippen molar-refractivity contribution in [3.8, 4) is 0 Å². The Balaban J connectivity index is 0.00000211. The second kappa shape index (κ2) is 13.0. The number of hydrogen-bond donors (Lipinski definition) is 0. The molecule has 0 radical (unpaired) electrons. The molecule has 1 unspecified atom stereocenters. The van der Waals surface area contributed by atoms with Crippen molar-refractivity contribution in [1.29, 1.82) is 0 Å². The number of hydrogen-bond acceptors (Lipinski definition) is 4. The summed E-state index contributed by atoms with van der Waals surface area (Å²) in [6, 6.07) is 0. The summed E-state index contributed by atoms with van der Waals surface area (Å²) in [5, 5.41) is 0. The van der Waals surface area contributed by atoms with E-state index in [-0.39, 0.29) is 11.8 Å². The molecule has 1 heterocycles. The topological polar surface area (TPSA) is 46.6 Å². The summed E-state index contributed by atoms with van der Waals surface area (Å²) < 4.78 is 4.92. The van der Waals surface area contributed by atoms with Crippen molar-refractivity contribution in [1.82, 2.24) is 4.90 Å².